The van der Waals surface area contributed by atoms with Gasteiger partial charge in [0.05, 0.1) is 6.10 Å². The minimum Gasteiger partial charge on any atom is -0.480 e. The number of fused-ring (bicyclic) bond motifs is 2. The number of aliphatic hydroxyl groups excluding tert-OH is 1. The van der Waals surface area contributed by atoms with E-state index in [4.69, 9.17) is 5.11 Å². The van der Waals surface area contributed by atoms with Crippen molar-refractivity contribution >= 4 is 12.0 Å². The highest BCUT2D eigenvalue weighted by molar-refractivity contribution is 5.84. The van der Waals surface area contributed by atoms with Crippen molar-refractivity contribution in [2.75, 3.05) is 13.1 Å². The second kappa shape index (κ2) is 4.12. The second-order valence-electron chi connectivity index (χ2n) is 5.66. The quantitative estimate of drug-likeness (QED) is 0.696. The van der Waals surface area contributed by atoms with Crippen LogP contribution in [0.1, 0.15) is 25.7 Å². The van der Waals surface area contributed by atoms with Gasteiger partial charge >= 0.3 is 12.0 Å². The second-order valence-corrected chi connectivity index (χ2v) is 5.66. The highest BCUT2D eigenvalue weighted by atomic mass is 16.4. The van der Waals surface area contributed by atoms with Gasteiger partial charge in [-0.2, -0.15) is 0 Å². The number of piperidine rings is 1. The lowest BCUT2D eigenvalue weighted by molar-refractivity contribution is -0.141. The summed E-state index contributed by atoms with van der Waals surface area (Å²) in [5.41, 5.74) is 0. The molecular formula is C12H18N2O4. The highest BCUT2D eigenvalue weighted by Crippen LogP contribution is 2.38. The summed E-state index contributed by atoms with van der Waals surface area (Å²) in [6.07, 6.45) is 2.70. The van der Waals surface area contributed by atoms with Gasteiger partial charge in [0.15, 0.2) is 0 Å². The predicted molar refractivity (Wildman–Crippen MR) is 62.0 cm³/mol. The van der Waals surface area contributed by atoms with Gasteiger partial charge < -0.3 is 20.0 Å². The van der Waals surface area contributed by atoms with Crippen LogP contribution in [-0.4, -0.2) is 63.3 Å². The molecule has 1 saturated carbocycles. The molecule has 4 atom stereocenters. The van der Waals surface area contributed by atoms with Gasteiger partial charge in [-0.3, -0.25) is 0 Å². The molecule has 2 saturated heterocycles. The van der Waals surface area contributed by atoms with Crippen molar-refractivity contribution in [2.45, 2.75) is 43.9 Å². The van der Waals surface area contributed by atoms with Crippen LogP contribution in [0.2, 0.25) is 0 Å². The molecular weight excluding hydrogens is 236 g/mol. The van der Waals surface area contributed by atoms with Gasteiger partial charge in [0.25, 0.3) is 0 Å². The average Bonchev–Trinajstić information content (AvgIpc) is 3.01. The molecule has 0 radical (unpaired) electrons. The standard InChI is InChI=1S/C12H18N2O4/c15-9-4-10(11(16)17)14(6-9)12(18)13-5-7-1-2-8(13)3-7/h7-10,15H,1-6H2,(H,16,17)/t7?,8?,9-,10-/m1/s1. The number of carbonyl (C=O) groups excluding carboxylic acids is 1. The smallest absolute Gasteiger partial charge is 0.326 e. The molecule has 2 unspecified atom stereocenters. The zero-order chi connectivity index (χ0) is 12.9. The van der Waals surface area contributed by atoms with Crippen LogP contribution in [0, 0.1) is 5.92 Å². The number of nitrogens with zero attached hydrogens (tertiary/aromatic N) is 2. The molecule has 3 rings (SSSR count). The lowest BCUT2D eigenvalue weighted by Gasteiger charge is -2.32. The number of amides is 2. The maximum atomic E-state index is 12.4. The Labute approximate surface area is 105 Å². The fraction of sp³-hybridized carbons (Fsp3) is 0.833. The molecule has 0 aromatic carbocycles. The van der Waals surface area contributed by atoms with Crippen molar-refractivity contribution in [3.63, 3.8) is 0 Å². The lowest BCUT2D eigenvalue weighted by atomic mass is 10.1. The van der Waals surface area contributed by atoms with Crippen LogP contribution in [0.25, 0.3) is 0 Å². The summed E-state index contributed by atoms with van der Waals surface area (Å²) in [4.78, 5) is 26.6. The number of carbonyl (C=O) groups is 2. The van der Waals surface area contributed by atoms with E-state index in [1.807, 2.05) is 4.90 Å². The molecule has 2 N–H and O–H groups in total. The fourth-order valence-corrected chi connectivity index (χ4v) is 3.58. The van der Waals surface area contributed by atoms with E-state index in [1.165, 1.54) is 11.3 Å². The van der Waals surface area contributed by atoms with Crippen LogP contribution in [0.4, 0.5) is 4.79 Å². The average molecular weight is 254 g/mol. The summed E-state index contributed by atoms with van der Waals surface area (Å²) in [7, 11) is 0. The van der Waals surface area contributed by atoms with Crippen LogP contribution in [0.5, 0.6) is 0 Å². The third kappa shape index (κ3) is 1.75. The van der Waals surface area contributed by atoms with E-state index in [0.29, 0.717) is 5.92 Å². The number of hydrogen-bond acceptors (Lipinski definition) is 3. The lowest BCUT2D eigenvalue weighted by Crippen LogP contribution is -2.50. The van der Waals surface area contributed by atoms with E-state index in [0.717, 1.165) is 19.4 Å². The Morgan fingerprint density at radius 3 is 2.39 bits per heavy atom. The molecule has 0 spiro atoms. The Hall–Kier alpha value is -1.30. The van der Waals surface area contributed by atoms with E-state index in [2.05, 4.69) is 0 Å². The molecule has 2 heterocycles. The number of aliphatic hydroxyl groups is 1. The molecule has 0 aromatic heterocycles. The Bertz CT molecular complexity index is 386. The molecule has 18 heavy (non-hydrogen) atoms. The molecule has 6 heteroatoms. The molecule has 100 valence electrons. The zero-order valence-corrected chi connectivity index (χ0v) is 10.2. The zero-order valence-electron chi connectivity index (χ0n) is 10.2. The van der Waals surface area contributed by atoms with Crippen LogP contribution >= 0.6 is 0 Å². The maximum Gasteiger partial charge on any atom is 0.326 e. The number of likely N-dealkylation sites (tertiary alicyclic amines) is 2. The molecule has 3 fully saturated rings. The van der Waals surface area contributed by atoms with Crippen molar-refractivity contribution in [1.29, 1.82) is 0 Å². The molecule has 3 aliphatic rings. The third-order valence-electron chi connectivity index (χ3n) is 4.46. The Morgan fingerprint density at radius 2 is 1.83 bits per heavy atom. The predicted octanol–water partition coefficient (Wildman–Crippen LogP) is 0.111. The fourth-order valence-electron chi connectivity index (χ4n) is 3.58. The number of β-amino-alcohol motifs (C(OH)–C–C–N with tert-alkyl or cyclic N) is 1. The van der Waals surface area contributed by atoms with Crippen molar-refractivity contribution in [3.8, 4) is 0 Å². The highest BCUT2D eigenvalue weighted by Gasteiger charge is 2.46. The Kier molecular flexibility index (Phi) is 2.69. The summed E-state index contributed by atoms with van der Waals surface area (Å²) >= 11 is 0. The van der Waals surface area contributed by atoms with E-state index in [1.54, 1.807) is 0 Å². The first-order chi connectivity index (χ1) is 8.56. The third-order valence-corrected chi connectivity index (χ3v) is 4.46. The number of carboxylic acid groups (broad SMARTS) is 1. The molecule has 2 bridgehead atoms. The number of carboxylic acids is 1. The van der Waals surface area contributed by atoms with E-state index >= 15 is 0 Å². The summed E-state index contributed by atoms with van der Waals surface area (Å²) in [5.74, 6) is -0.431. The minimum atomic E-state index is -1.02. The van der Waals surface area contributed by atoms with Gasteiger partial charge in [0, 0.05) is 25.6 Å². The summed E-state index contributed by atoms with van der Waals surface area (Å²) in [5, 5.41) is 18.7. The normalized spacial score (nSPS) is 38.5. The van der Waals surface area contributed by atoms with E-state index in [-0.39, 0.29) is 25.0 Å². The van der Waals surface area contributed by atoms with Gasteiger partial charge in [-0.25, -0.2) is 9.59 Å². The molecule has 2 amide bonds. The van der Waals surface area contributed by atoms with Crippen molar-refractivity contribution in [1.82, 2.24) is 9.80 Å². The van der Waals surface area contributed by atoms with Crippen molar-refractivity contribution < 1.29 is 19.8 Å². The first kappa shape index (κ1) is 11.8. The summed E-state index contributed by atoms with van der Waals surface area (Å²) in [6, 6.07) is -0.785. The molecule has 6 nitrogen and oxygen atoms in total. The van der Waals surface area contributed by atoms with E-state index in [9.17, 15) is 14.7 Å². The minimum absolute atomic E-state index is 0.142. The first-order valence-electron chi connectivity index (χ1n) is 6.54. The largest absolute Gasteiger partial charge is 0.480 e. The van der Waals surface area contributed by atoms with Crippen molar-refractivity contribution in [3.05, 3.63) is 0 Å². The summed E-state index contributed by atoms with van der Waals surface area (Å²) < 4.78 is 0. The summed E-state index contributed by atoms with van der Waals surface area (Å²) in [6.45, 7) is 0.895. The first-order valence-corrected chi connectivity index (χ1v) is 6.54. The number of aliphatic carboxylic acids is 1. The maximum absolute atomic E-state index is 12.4. The van der Waals surface area contributed by atoms with Crippen LogP contribution in [0.3, 0.4) is 0 Å². The number of hydrogen-bond donors (Lipinski definition) is 2. The number of urea groups is 1. The van der Waals surface area contributed by atoms with Gasteiger partial charge in [-0.15, -0.1) is 0 Å². The topological polar surface area (TPSA) is 81.1 Å². The SMILES string of the molecule is O=C(O)[C@H]1C[C@@H](O)CN1C(=O)N1CC2CCC1C2. The monoisotopic (exact) mass is 254 g/mol. The number of rotatable bonds is 1. The van der Waals surface area contributed by atoms with E-state index < -0.39 is 18.1 Å². The van der Waals surface area contributed by atoms with Gasteiger partial charge in [0.1, 0.15) is 6.04 Å². The van der Waals surface area contributed by atoms with Gasteiger partial charge in [-0.1, -0.05) is 0 Å². The Balaban J connectivity index is 1.73. The molecule has 0 aromatic rings. The van der Waals surface area contributed by atoms with Gasteiger partial charge in [-0.05, 0) is 25.2 Å². The van der Waals surface area contributed by atoms with Crippen molar-refractivity contribution in [2.24, 2.45) is 5.92 Å². The molecule has 2 aliphatic heterocycles. The molecule has 1 aliphatic carbocycles. The van der Waals surface area contributed by atoms with Crippen LogP contribution < -0.4 is 0 Å². The van der Waals surface area contributed by atoms with Crippen LogP contribution in [-0.2, 0) is 4.79 Å². The Morgan fingerprint density at radius 1 is 1.06 bits per heavy atom. The van der Waals surface area contributed by atoms with Gasteiger partial charge in [0.2, 0.25) is 0 Å². The van der Waals surface area contributed by atoms with Crippen LogP contribution in [0.15, 0.2) is 0 Å².